The van der Waals surface area contributed by atoms with Gasteiger partial charge in [0, 0.05) is 12.8 Å². The third-order valence-corrected chi connectivity index (χ3v) is 14.0. The van der Waals surface area contributed by atoms with Crippen LogP contribution in [0.5, 0.6) is 0 Å². The zero-order valence-electron chi connectivity index (χ0n) is 45.1. The smallest absolute Gasteiger partial charge is 0.305 e. The molecule has 0 rings (SSSR count). The van der Waals surface area contributed by atoms with E-state index in [1.165, 1.54) is 244 Å². The molecular weight excluding hydrogens is 827 g/mol. The molecule has 6 nitrogen and oxygen atoms in total. The van der Waals surface area contributed by atoms with E-state index in [1.54, 1.807) is 0 Å². The number of esters is 1. The van der Waals surface area contributed by atoms with Crippen LogP contribution in [0.15, 0.2) is 24.3 Å². The molecule has 0 aromatic rings. The Balaban J connectivity index is 3.42. The Morgan fingerprint density at radius 1 is 0.418 bits per heavy atom. The Morgan fingerprint density at radius 3 is 1.18 bits per heavy atom. The Labute approximate surface area is 418 Å². The summed E-state index contributed by atoms with van der Waals surface area (Å²) in [4.78, 5) is 24.5. The van der Waals surface area contributed by atoms with Gasteiger partial charge in [0.05, 0.1) is 25.4 Å². The summed E-state index contributed by atoms with van der Waals surface area (Å²) in [5.41, 5.74) is 0. The minimum atomic E-state index is -0.669. The second kappa shape index (κ2) is 56.9. The summed E-state index contributed by atoms with van der Waals surface area (Å²) in [6.45, 7) is 4.92. The molecule has 0 saturated heterocycles. The molecule has 0 heterocycles. The molecule has 0 radical (unpaired) electrons. The largest absolute Gasteiger partial charge is 0.466 e. The minimum Gasteiger partial charge on any atom is -0.466 e. The van der Waals surface area contributed by atoms with Gasteiger partial charge in [0.25, 0.3) is 0 Å². The molecule has 0 aromatic heterocycles. The van der Waals surface area contributed by atoms with Crippen molar-refractivity contribution in [3.8, 4) is 0 Å². The van der Waals surface area contributed by atoms with Gasteiger partial charge in [-0.3, -0.25) is 9.59 Å². The lowest BCUT2D eigenvalue weighted by Crippen LogP contribution is -2.45. The van der Waals surface area contributed by atoms with Crippen LogP contribution >= 0.6 is 0 Å². The fourth-order valence-electron chi connectivity index (χ4n) is 9.36. The normalized spacial score (nSPS) is 12.7. The molecule has 0 aliphatic heterocycles. The van der Waals surface area contributed by atoms with Crippen molar-refractivity contribution in [3.05, 3.63) is 24.3 Å². The summed E-state index contributed by atoms with van der Waals surface area (Å²) in [5, 5.41) is 23.3. The first-order valence-corrected chi connectivity index (χ1v) is 30.1. The fourth-order valence-corrected chi connectivity index (χ4v) is 9.36. The van der Waals surface area contributed by atoms with Crippen molar-refractivity contribution in [2.75, 3.05) is 13.2 Å². The third-order valence-electron chi connectivity index (χ3n) is 14.0. The Morgan fingerprint density at radius 2 is 0.761 bits per heavy atom. The second-order valence-corrected chi connectivity index (χ2v) is 20.7. The molecule has 1 amide bonds. The molecule has 6 heteroatoms. The Hall–Kier alpha value is -1.66. The van der Waals surface area contributed by atoms with Gasteiger partial charge in [0.15, 0.2) is 0 Å². The summed E-state index contributed by atoms with van der Waals surface area (Å²) in [6, 6.07) is -0.546. The number of hydrogen-bond donors (Lipinski definition) is 3. The van der Waals surface area contributed by atoms with Crippen LogP contribution in [-0.2, 0) is 14.3 Å². The van der Waals surface area contributed by atoms with Gasteiger partial charge in [-0.25, -0.2) is 0 Å². The van der Waals surface area contributed by atoms with E-state index in [-0.39, 0.29) is 18.5 Å². The maximum atomic E-state index is 12.5. The summed E-state index contributed by atoms with van der Waals surface area (Å²) in [6.07, 6.45) is 68.8. The average Bonchev–Trinajstić information content (AvgIpc) is 3.33. The molecular formula is C61H117NO5. The highest BCUT2D eigenvalue weighted by Gasteiger charge is 2.20. The van der Waals surface area contributed by atoms with E-state index in [0.29, 0.717) is 25.9 Å². The van der Waals surface area contributed by atoms with Crippen molar-refractivity contribution in [2.45, 2.75) is 341 Å². The van der Waals surface area contributed by atoms with Gasteiger partial charge < -0.3 is 20.3 Å². The number of ether oxygens (including phenoxy) is 1. The van der Waals surface area contributed by atoms with Crippen molar-refractivity contribution in [3.63, 3.8) is 0 Å². The molecule has 0 spiro atoms. The molecule has 0 aliphatic carbocycles. The number of carbonyl (C=O) groups excluding carboxylic acids is 2. The van der Waals surface area contributed by atoms with Gasteiger partial charge in [-0.05, 0) is 51.4 Å². The SMILES string of the molecule is CCCC/C=C\C/C=C\CCCCCCCC(=O)OCCCCCCCCCCCCCCCCCCCC(=O)NC(CO)C(O)CCCCCCCCCCCCCCCCCCCCC. The van der Waals surface area contributed by atoms with Crippen molar-refractivity contribution < 1.29 is 24.5 Å². The quantitative estimate of drug-likeness (QED) is 0.0321. The van der Waals surface area contributed by atoms with Gasteiger partial charge in [-0.15, -0.1) is 0 Å². The highest BCUT2D eigenvalue weighted by atomic mass is 16.5. The topological polar surface area (TPSA) is 95.9 Å². The molecule has 3 N–H and O–H groups in total. The lowest BCUT2D eigenvalue weighted by atomic mass is 10.0. The van der Waals surface area contributed by atoms with Gasteiger partial charge in [-0.1, -0.05) is 289 Å². The first-order chi connectivity index (χ1) is 33.0. The van der Waals surface area contributed by atoms with Gasteiger partial charge >= 0.3 is 5.97 Å². The van der Waals surface area contributed by atoms with E-state index in [4.69, 9.17) is 4.74 Å². The van der Waals surface area contributed by atoms with Gasteiger partial charge in [0.2, 0.25) is 5.91 Å². The van der Waals surface area contributed by atoms with Crippen LogP contribution in [0.2, 0.25) is 0 Å². The first kappa shape index (κ1) is 65.3. The van der Waals surface area contributed by atoms with Crippen LogP contribution in [0.3, 0.4) is 0 Å². The van der Waals surface area contributed by atoms with E-state index >= 15 is 0 Å². The van der Waals surface area contributed by atoms with Crippen molar-refractivity contribution >= 4 is 11.9 Å². The molecule has 0 saturated carbocycles. The number of nitrogens with one attached hydrogen (secondary N) is 1. The fraction of sp³-hybridized carbons (Fsp3) is 0.902. The summed E-state index contributed by atoms with van der Waals surface area (Å²) in [7, 11) is 0. The third kappa shape index (κ3) is 53.5. The zero-order chi connectivity index (χ0) is 48.6. The predicted molar refractivity (Wildman–Crippen MR) is 292 cm³/mol. The monoisotopic (exact) mass is 944 g/mol. The van der Waals surface area contributed by atoms with Crippen molar-refractivity contribution in [2.24, 2.45) is 0 Å². The van der Waals surface area contributed by atoms with E-state index in [1.807, 2.05) is 0 Å². The number of hydrogen-bond acceptors (Lipinski definition) is 5. The first-order valence-electron chi connectivity index (χ1n) is 30.1. The summed E-state index contributed by atoms with van der Waals surface area (Å²) < 4.78 is 5.47. The van der Waals surface area contributed by atoms with E-state index in [9.17, 15) is 19.8 Å². The van der Waals surface area contributed by atoms with Crippen LogP contribution in [0.1, 0.15) is 328 Å². The van der Waals surface area contributed by atoms with E-state index in [0.717, 1.165) is 51.4 Å². The van der Waals surface area contributed by atoms with Crippen LogP contribution in [0.4, 0.5) is 0 Å². The second-order valence-electron chi connectivity index (χ2n) is 20.7. The van der Waals surface area contributed by atoms with Crippen LogP contribution in [0.25, 0.3) is 0 Å². The number of rotatable bonds is 56. The van der Waals surface area contributed by atoms with Crippen LogP contribution in [0, 0.1) is 0 Å². The maximum absolute atomic E-state index is 12.5. The lowest BCUT2D eigenvalue weighted by Gasteiger charge is -2.22. The van der Waals surface area contributed by atoms with Gasteiger partial charge in [-0.2, -0.15) is 0 Å². The van der Waals surface area contributed by atoms with E-state index in [2.05, 4.69) is 43.5 Å². The predicted octanol–water partition coefficient (Wildman–Crippen LogP) is 18.6. The molecule has 0 aromatic carbocycles. The number of unbranched alkanes of at least 4 members (excludes halogenated alkanes) is 41. The maximum Gasteiger partial charge on any atom is 0.305 e. The molecule has 2 atom stereocenters. The summed E-state index contributed by atoms with van der Waals surface area (Å²) in [5.74, 6) is -0.0466. The number of aliphatic hydroxyl groups excluding tert-OH is 2. The number of carbonyl (C=O) groups is 2. The number of aliphatic hydroxyl groups is 2. The molecule has 0 aliphatic rings. The standard InChI is InChI=1S/C61H117NO5/c1-3-5-7-9-11-13-15-17-19-20-21-23-26-29-33-37-41-45-49-53-59(64)58(57-63)62-60(65)54-50-46-42-38-34-30-27-24-22-25-28-32-36-40-44-48-52-56-67-61(66)55-51-47-43-39-35-31-18-16-14-12-10-8-6-4-2/h10,12,16,18,58-59,63-64H,3-9,11,13-15,17,19-57H2,1-2H3,(H,62,65)/b12-10-,18-16-. The number of amides is 1. The molecule has 0 fully saturated rings. The zero-order valence-corrected chi connectivity index (χ0v) is 45.1. The lowest BCUT2D eigenvalue weighted by molar-refractivity contribution is -0.143. The molecule has 0 bridgehead atoms. The van der Waals surface area contributed by atoms with Crippen LogP contribution in [-0.4, -0.2) is 47.4 Å². The molecule has 396 valence electrons. The number of allylic oxidation sites excluding steroid dienone is 4. The van der Waals surface area contributed by atoms with E-state index < -0.39 is 12.1 Å². The highest BCUT2D eigenvalue weighted by molar-refractivity contribution is 5.76. The highest BCUT2D eigenvalue weighted by Crippen LogP contribution is 2.18. The van der Waals surface area contributed by atoms with Crippen molar-refractivity contribution in [1.82, 2.24) is 5.32 Å². The Kier molecular flexibility index (Phi) is 55.5. The van der Waals surface area contributed by atoms with Crippen molar-refractivity contribution in [1.29, 1.82) is 0 Å². The van der Waals surface area contributed by atoms with Gasteiger partial charge in [0.1, 0.15) is 0 Å². The van der Waals surface area contributed by atoms with Crippen LogP contribution < -0.4 is 5.32 Å². The summed E-state index contributed by atoms with van der Waals surface area (Å²) >= 11 is 0. The molecule has 67 heavy (non-hydrogen) atoms. The molecule has 2 unspecified atom stereocenters. The Bertz CT molecular complexity index is 1040. The average molecular weight is 945 g/mol. The minimum absolute atomic E-state index is 0.00868.